The van der Waals surface area contributed by atoms with Crippen LogP contribution in [-0.4, -0.2) is 30.5 Å². The highest BCUT2D eigenvalue weighted by Gasteiger charge is 2.32. The molecule has 2 aromatic rings. The molecule has 2 heterocycles. The number of fused-ring (bicyclic) bond motifs is 1. The average molecular weight is 394 g/mol. The van der Waals surface area contributed by atoms with Gasteiger partial charge in [-0.05, 0) is 41.0 Å². The predicted octanol–water partition coefficient (Wildman–Crippen LogP) is 3.66. The summed E-state index contributed by atoms with van der Waals surface area (Å²) in [6.07, 6.45) is -4.84. The smallest absolute Gasteiger partial charge is 0.371 e. The number of halogens is 4. The van der Waals surface area contributed by atoms with Crippen molar-refractivity contribution in [2.75, 3.05) is 19.7 Å². The van der Waals surface area contributed by atoms with Crippen LogP contribution in [0, 0.1) is 5.82 Å². The zero-order chi connectivity index (χ0) is 19.9. The molecule has 1 atom stereocenters. The number of nitrogens with one attached hydrogen (secondary N) is 1. The van der Waals surface area contributed by atoms with Gasteiger partial charge >= 0.3 is 6.18 Å². The fraction of sp³-hybridized carbons (Fsp3) is 0.350. The van der Waals surface area contributed by atoms with E-state index in [-0.39, 0.29) is 24.1 Å². The van der Waals surface area contributed by atoms with E-state index in [1.165, 1.54) is 0 Å². The van der Waals surface area contributed by atoms with Gasteiger partial charge in [0.25, 0.3) is 5.91 Å². The molecule has 1 N–H and O–H groups in total. The minimum Gasteiger partial charge on any atom is -0.371 e. The van der Waals surface area contributed by atoms with Crippen LogP contribution >= 0.6 is 0 Å². The molecule has 0 unspecified atom stereocenters. The van der Waals surface area contributed by atoms with E-state index in [0.717, 1.165) is 23.3 Å². The number of alkyl halides is 3. The predicted molar refractivity (Wildman–Crippen MR) is 93.0 cm³/mol. The summed E-state index contributed by atoms with van der Waals surface area (Å²) in [6, 6.07) is 8.14. The maximum absolute atomic E-state index is 13.6. The van der Waals surface area contributed by atoms with Crippen molar-refractivity contribution in [3.63, 3.8) is 0 Å². The first kappa shape index (κ1) is 18.9. The Morgan fingerprint density at radius 2 is 2.00 bits per heavy atom. The molecule has 0 saturated carbocycles. The first-order valence-electron chi connectivity index (χ1n) is 8.91. The number of amides is 1. The van der Waals surface area contributed by atoms with Crippen LogP contribution in [0.1, 0.15) is 38.7 Å². The maximum Gasteiger partial charge on any atom is 0.416 e. The van der Waals surface area contributed by atoms with Gasteiger partial charge in [-0.3, -0.25) is 9.69 Å². The first-order valence-corrected chi connectivity index (χ1v) is 8.91. The topological polar surface area (TPSA) is 41.6 Å². The Hall–Kier alpha value is -2.45. The van der Waals surface area contributed by atoms with Crippen LogP contribution < -0.4 is 5.32 Å². The number of rotatable bonds is 3. The largest absolute Gasteiger partial charge is 0.416 e. The number of nitrogens with zero attached hydrogens (tertiary/aromatic N) is 1. The van der Waals surface area contributed by atoms with Crippen molar-refractivity contribution in [1.82, 2.24) is 10.2 Å². The summed E-state index contributed by atoms with van der Waals surface area (Å²) in [6.45, 7) is 2.10. The molecule has 1 amide bonds. The van der Waals surface area contributed by atoms with E-state index in [9.17, 15) is 22.4 Å². The minimum atomic E-state index is -4.58. The monoisotopic (exact) mass is 394 g/mol. The molecule has 4 rings (SSSR count). The highest BCUT2D eigenvalue weighted by Crippen LogP contribution is 2.31. The standard InChI is InChI=1S/C20H18F4N2O2/c21-16-6-12(5-15(8-16)20(22,23)24)10-26-3-4-28-18(11-26)13-1-2-17-14(7-13)9-25-19(17)27/h1-2,5-8,18H,3-4,9-11H2,(H,25,27)/t18-/m1/s1. The van der Waals surface area contributed by atoms with Crippen molar-refractivity contribution in [3.8, 4) is 0 Å². The number of carbonyl (C=O) groups excluding carboxylic acids is 1. The molecule has 4 nitrogen and oxygen atoms in total. The minimum absolute atomic E-state index is 0.0979. The second-order valence-corrected chi connectivity index (χ2v) is 7.04. The van der Waals surface area contributed by atoms with Crippen molar-refractivity contribution in [3.05, 3.63) is 70.0 Å². The van der Waals surface area contributed by atoms with E-state index in [4.69, 9.17) is 4.74 Å². The Balaban J connectivity index is 1.49. The van der Waals surface area contributed by atoms with Crippen molar-refractivity contribution in [1.29, 1.82) is 0 Å². The molecular formula is C20H18F4N2O2. The van der Waals surface area contributed by atoms with Gasteiger partial charge < -0.3 is 10.1 Å². The lowest BCUT2D eigenvalue weighted by Crippen LogP contribution is -2.37. The van der Waals surface area contributed by atoms with Crippen molar-refractivity contribution in [2.24, 2.45) is 0 Å². The van der Waals surface area contributed by atoms with E-state index >= 15 is 0 Å². The van der Waals surface area contributed by atoms with Crippen LogP contribution in [0.2, 0.25) is 0 Å². The number of morpholine rings is 1. The van der Waals surface area contributed by atoms with Crippen LogP contribution in [0.15, 0.2) is 36.4 Å². The molecule has 0 aromatic heterocycles. The quantitative estimate of drug-likeness (QED) is 0.808. The summed E-state index contributed by atoms with van der Waals surface area (Å²) in [7, 11) is 0. The third-order valence-corrected chi connectivity index (χ3v) is 5.03. The third-order valence-electron chi connectivity index (χ3n) is 5.03. The van der Waals surface area contributed by atoms with E-state index in [2.05, 4.69) is 5.32 Å². The van der Waals surface area contributed by atoms with Crippen molar-refractivity contribution < 1.29 is 27.1 Å². The summed E-state index contributed by atoms with van der Waals surface area (Å²) in [5.41, 5.74) is 1.76. The van der Waals surface area contributed by atoms with E-state index in [1.54, 1.807) is 6.07 Å². The molecule has 0 bridgehead atoms. The van der Waals surface area contributed by atoms with Gasteiger partial charge in [-0.1, -0.05) is 12.1 Å². The molecule has 0 radical (unpaired) electrons. The zero-order valence-electron chi connectivity index (χ0n) is 14.9. The van der Waals surface area contributed by atoms with Crippen LogP contribution in [0.25, 0.3) is 0 Å². The van der Waals surface area contributed by atoms with Gasteiger partial charge in [0.2, 0.25) is 0 Å². The molecule has 2 aromatic carbocycles. The number of hydrogen-bond acceptors (Lipinski definition) is 3. The first-order chi connectivity index (χ1) is 13.3. The zero-order valence-corrected chi connectivity index (χ0v) is 14.9. The van der Waals surface area contributed by atoms with Crippen LogP contribution in [0.3, 0.4) is 0 Å². The lowest BCUT2D eigenvalue weighted by atomic mass is 10.0. The summed E-state index contributed by atoms with van der Waals surface area (Å²) in [4.78, 5) is 13.6. The molecule has 1 fully saturated rings. The van der Waals surface area contributed by atoms with Crippen molar-refractivity contribution >= 4 is 5.91 Å². The third kappa shape index (κ3) is 3.88. The van der Waals surface area contributed by atoms with E-state index < -0.39 is 17.6 Å². The van der Waals surface area contributed by atoms with E-state index in [1.807, 2.05) is 17.0 Å². The lowest BCUT2D eigenvalue weighted by molar-refractivity contribution is -0.137. The van der Waals surface area contributed by atoms with Gasteiger partial charge in [0.15, 0.2) is 0 Å². The SMILES string of the molecule is O=C1NCc2cc([C@H]3CN(Cc4cc(F)cc(C(F)(F)F)c4)CCO3)ccc21. The summed E-state index contributed by atoms with van der Waals surface area (Å²) in [5, 5.41) is 2.76. The Labute approximate surface area is 159 Å². The van der Waals surface area contributed by atoms with Crippen LogP contribution in [0.5, 0.6) is 0 Å². The molecule has 2 aliphatic heterocycles. The van der Waals surface area contributed by atoms with Gasteiger partial charge in [0.05, 0.1) is 18.3 Å². The van der Waals surface area contributed by atoms with Gasteiger partial charge in [0, 0.05) is 31.7 Å². The molecule has 2 aliphatic rings. The molecule has 0 aliphatic carbocycles. The number of carbonyl (C=O) groups is 1. The van der Waals surface area contributed by atoms with Crippen LogP contribution in [-0.2, 0) is 24.0 Å². The Morgan fingerprint density at radius 1 is 1.18 bits per heavy atom. The van der Waals surface area contributed by atoms with E-state index in [0.29, 0.717) is 37.9 Å². The summed E-state index contributed by atoms with van der Waals surface area (Å²) in [5.74, 6) is -0.996. The Kier molecular flexibility index (Phi) is 4.84. The van der Waals surface area contributed by atoms with Crippen molar-refractivity contribution in [2.45, 2.75) is 25.4 Å². The number of ether oxygens (including phenoxy) is 1. The fourth-order valence-electron chi connectivity index (χ4n) is 3.66. The second-order valence-electron chi connectivity index (χ2n) is 7.04. The van der Waals surface area contributed by atoms with Gasteiger partial charge in [-0.2, -0.15) is 13.2 Å². The molecule has 8 heteroatoms. The second kappa shape index (κ2) is 7.18. The molecule has 1 saturated heterocycles. The molecular weight excluding hydrogens is 376 g/mol. The normalized spacial score (nSPS) is 20.1. The van der Waals surface area contributed by atoms with Crippen LogP contribution in [0.4, 0.5) is 17.6 Å². The Bertz CT molecular complexity index is 914. The lowest BCUT2D eigenvalue weighted by Gasteiger charge is -2.33. The van der Waals surface area contributed by atoms with Gasteiger partial charge in [-0.25, -0.2) is 4.39 Å². The number of benzene rings is 2. The average Bonchev–Trinajstić information content (AvgIpc) is 3.01. The highest BCUT2D eigenvalue weighted by atomic mass is 19.4. The van der Waals surface area contributed by atoms with Gasteiger partial charge in [0.1, 0.15) is 5.82 Å². The number of hydrogen-bond donors (Lipinski definition) is 1. The molecule has 0 spiro atoms. The highest BCUT2D eigenvalue weighted by molar-refractivity contribution is 5.98. The Morgan fingerprint density at radius 3 is 2.79 bits per heavy atom. The summed E-state index contributed by atoms with van der Waals surface area (Å²) >= 11 is 0. The maximum atomic E-state index is 13.6. The summed E-state index contributed by atoms with van der Waals surface area (Å²) < 4.78 is 58.2. The van der Waals surface area contributed by atoms with Gasteiger partial charge in [-0.15, -0.1) is 0 Å². The fourth-order valence-corrected chi connectivity index (χ4v) is 3.66. The molecule has 148 valence electrons. The molecule has 28 heavy (non-hydrogen) atoms.